The van der Waals surface area contributed by atoms with Crippen LogP contribution in [0.5, 0.6) is 11.5 Å². The van der Waals surface area contributed by atoms with Gasteiger partial charge in [0.25, 0.3) is 11.8 Å². The number of halogens is 2. The van der Waals surface area contributed by atoms with Crippen LogP contribution in [0.15, 0.2) is 82.6 Å². The summed E-state index contributed by atoms with van der Waals surface area (Å²) in [7, 11) is -7.14. The number of amides is 2. The number of anilines is 2. The molecule has 2 aliphatic carbocycles. The maximum Gasteiger partial charge on any atom is 0.257 e. The number of hydrogen-bond donors (Lipinski definition) is 0. The van der Waals surface area contributed by atoms with E-state index in [0.29, 0.717) is 85.2 Å². The Morgan fingerprint density at radius 1 is 0.561 bits per heavy atom. The van der Waals surface area contributed by atoms with E-state index in [1.807, 2.05) is 9.80 Å². The van der Waals surface area contributed by atoms with Crippen molar-refractivity contribution < 1.29 is 49.5 Å². The van der Waals surface area contributed by atoms with Crippen molar-refractivity contribution in [2.45, 2.75) is 61.2 Å². The van der Waals surface area contributed by atoms with Crippen molar-refractivity contribution in [3.05, 3.63) is 107 Å². The number of piperazine rings is 2. The van der Waals surface area contributed by atoms with Gasteiger partial charge in [0, 0.05) is 76.7 Å². The first-order valence-corrected chi connectivity index (χ1v) is 26.3. The molecule has 4 fully saturated rings. The average Bonchev–Trinajstić information content (AvgIpc) is 4.25. The fraction of sp³-hybridized carbons (Fsp3) is 0.449. The topological polar surface area (TPSA) is 151 Å². The molecule has 17 heteroatoms. The van der Waals surface area contributed by atoms with Crippen molar-refractivity contribution in [1.29, 1.82) is 0 Å². The summed E-state index contributed by atoms with van der Waals surface area (Å²) in [6.07, 6.45) is 6.39. The second-order valence-corrected chi connectivity index (χ2v) is 22.2. The summed E-state index contributed by atoms with van der Waals surface area (Å²) in [5, 5.41) is 0. The van der Waals surface area contributed by atoms with Gasteiger partial charge < -0.3 is 29.1 Å². The maximum absolute atomic E-state index is 15.8. The Hall–Kier alpha value is -5.55. The molecule has 0 N–H and O–H groups in total. The maximum atomic E-state index is 15.8. The van der Waals surface area contributed by atoms with Crippen LogP contribution in [0.2, 0.25) is 0 Å². The molecular weight excluding hydrogens is 891 g/mol. The summed E-state index contributed by atoms with van der Waals surface area (Å²) in [6.45, 7) is 6.68. The Labute approximate surface area is 385 Å². The van der Waals surface area contributed by atoms with Crippen molar-refractivity contribution >= 4 is 48.6 Å². The first kappa shape index (κ1) is 47.0. The Balaban J connectivity index is 0.864. The molecule has 4 aromatic carbocycles. The van der Waals surface area contributed by atoms with Crippen molar-refractivity contribution in [2.24, 2.45) is 11.8 Å². The normalized spacial score (nSPS) is 17.9. The van der Waals surface area contributed by atoms with Crippen molar-refractivity contribution in [3.8, 4) is 11.5 Å². The molecule has 0 bridgehead atoms. The van der Waals surface area contributed by atoms with Crippen LogP contribution >= 0.6 is 0 Å². The molecule has 0 spiro atoms. The lowest BCUT2D eigenvalue weighted by atomic mass is 9.85. The summed E-state index contributed by atoms with van der Waals surface area (Å²) < 4.78 is 92.8. The van der Waals surface area contributed by atoms with Crippen LogP contribution in [-0.2, 0) is 24.5 Å². The lowest BCUT2D eigenvalue weighted by molar-refractivity contribution is -0.121. The highest BCUT2D eigenvalue weighted by molar-refractivity contribution is 7.91. The minimum Gasteiger partial charge on any atom is -0.492 e. The van der Waals surface area contributed by atoms with E-state index >= 15 is 8.78 Å². The average molecular weight is 947 g/mol. The monoisotopic (exact) mass is 946 g/mol. The number of ether oxygens (including phenoxy) is 2. The number of hydrogen-bond acceptors (Lipinski definition) is 11. The lowest BCUT2D eigenvalue weighted by Gasteiger charge is -2.36. The van der Waals surface area contributed by atoms with Crippen molar-refractivity contribution in [1.82, 2.24) is 9.80 Å². The van der Waals surface area contributed by atoms with Gasteiger partial charge in [0.1, 0.15) is 28.9 Å². The molecule has 2 saturated heterocycles. The zero-order valence-electron chi connectivity index (χ0n) is 37.7. The Kier molecular flexibility index (Phi) is 13.5. The third-order valence-electron chi connectivity index (χ3n) is 13.2. The predicted octanol–water partition coefficient (Wildman–Crippen LogP) is 6.75. The van der Waals surface area contributed by atoms with Gasteiger partial charge in [0.15, 0.2) is 19.7 Å². The highest BCUT2D eigenvalue weighted by atomic mass is 32.2. The molecule has 0 radical (unpaired) electrons. The van der Waals surface area contributed by atoms with Gasteiger partial charge in [-0.05, 0) is 109 Å². The fourth-order valence-electron chi connectivity index (χ4n) is 8.49. The summed E-state index contributed by atoms with van der Waals surface area (Å²) in [5.41, 5.74) is 1.97. The van der Waals surface area contributed by atoms with E-state index in [9.17, 15) is 31.2 Å². The van der Waals surface area contributed by atoms with E-state index in [0.717, 1.165) is 38.2 Å². The first-order valence-electron chi connectivity index (χ1n) is 22.5. The summed E-state index contributed by atoms with van der Waals surface area (Å²) >= 11 is 0. The fourth-order valence-corrected chi connectivity index (χ4v) is 9.79. The summed E-state index contributed by atoms with van der Waals surface area (Å²) in [6, 6.07) is 18.1. The number of ketones is 1. The molecule has 2 saturated carbocycles. The lowest BCUT2D eigenvalue weighted by Crippen LogP contribution is -2.49. The number of rotatable bonds is 16. The van der Waals surface area contributed by atoms with Crippen LogP contribution in [0, 0.1) is 23.5 Å². The summed E-state index contributed by atoms with van der Waals surface area (Å²) in [4.78, 5) is 48.2. The molecule has 13 nitrogen and oxygen atoms in total. The van der Waals surface area contributed by atoms with Gasteiger partial charge in [0.2, 0.25) is 0 Å². The molecule has 66 heavy (non-hydrogen) atoms. The molecule has 2 aliphatic heterocycles. The highest BCUT2D eigenvalue weighted by Gasteiger charge is 2.32. The first-order chi connectivity index (χ1) is 31.3. The molecule has 8 rings (SSSR count). The second kappa shape index (κ2) is 19.0. The minimum atomic E-state index is -3.57. The minimum absolute atomic E-state index is 0.0268. The van der Waals surface area contributed by atoms with Gasteiger partial charge in [0.05, 0.1) is 45.5 Å². The molecule has 2 unspecified atom stereocenters. The number of carbonyl (C=O) groups excluding carboxylic acids is 3. The van der Waals surface area contributed by atoms with Gasteiger partial charge in [-0.1, -0.05) is 26.0 Å². The molecule has 0 aromatic heterocycles. The molecule has 2 amide bonds. The van der Waals surface area contributed by atoms with E-state index in [2.05, 4.69) is 0 Å². The Morgan fingerprint density at radius 2 is 0.924 bits per heavy atom. The van der Waals surface area contributed by atoms with Crippen LogP contribution in [0.4, 0.5) is 20.2 Å². The van der Waals surface area contributed by atoms with Crippen molar-refractivity contribution in [2.75, 3.05) is 87.9 Å². The van der Waals surface area contributed by atoms with E-state index in [-0.39, 0.29) is 64.7 Å². The van der Waals surface area contributed by atoms with E-state index in [1.54, 1.807) is 47.9 Å². The van der Waals surface area contributed by atoms with Gasteiger partial charge in [-0.3, -0.25) is 14.4 Å². The number of sulfone groups is 2. The van der Waals surface area contributed by atoms with Gasteiger partial charge in [-0.25, -0.2) is 25.6 Å². The highest BCUT2D eigenvalue weighted by Crippen LogP contribution is 2.35. The molecule has 2 atom stereocenters. The Morgan fingerprint density at radius 3 is 1.24 bits per heavy atom. The van der Waals surface area contributed by atoms with Crippen LogP contribution in [0.1, 0.15) is 83.2 Å². The van der Waals surface area contributed by atoms with E-state index in [1.165, 1.54) is 48.5 Å². The standard InChI is InChI=1S/C49H56F2N4O9S2/c1-31(35-9-13-43(41(50)25-35)52-17-21-54(22-18-52)48(57)39-27-37(65(3,59)60)11-15-45(39)63-29-33-5-6-33)47(56)32(2)36-10-14-44(42(51)26-36)53-19-23-55(24-20-53)49(58)40-28-38(66(4,61)62)12-16-46(40)64-30-34-7-8-34/h9-16,25-28,31-34H,5-8,17-24,29-30H2,1-4H3. The summed E-state index contributed by atoms with van der Waals surface area (Å²) in [5.74, 6) is -1.83. The van der Waals surface area contributed by atoms with Crippen molar-refractivity contribution in [3.63, 3.8) is 0 Å². The largest absolute Gasteiger partial charge is 0.492 e. The van der Waals surface area contributed by atoms with Gasteiger partial charge >= 0.3 is 0 Å². The van der Waals surface area contributed by atoms with E-state index < -0.39 is 43.1 Å². The second-order valence-electron chi connectivity index (χ2n) is 18.2. The molecule has 4 aromatic rings. The van der Waals surface area contributed by atoms with Gasteiger partial charge in [-0.2, -0.15) is 0 Å². The molecule has 4 aliphatic rings. The molecule has 352 valence electrons. The van der Waals surface area contributed by atoms with Crippen LogP contribution in [0.3, 0.4) is 0 Å². The third kappa shape index (κ3) is 10.7. The van der Waals surface area contributed by atoms with Crippen LogP contribution in [0.25, 0.3) is 0 Å². The number of nitrogens with zero attached hydrogens (tertiary/aromatic N) is 4. The van der Waals surface area contributed by atoms with Gasteiger partial charge in [-0.15, -0.1) is 0 Å². The van der Waals surface area contributed by atoms with Crippen LogP contribution in [-0.4, -0.2) is 122 Å². The predicted molar refractivity (Wildman–Crippen MR) is 246 cm³/mol. The SMILES string of the molecule is CC(C(=O)C(C)c1ccc(N2CCN(C(=O)c3cc(S(C)(=O)=O)ccc3OCC3CC3)CC2)c(F)c1)c1ccc(N2CCN(C(=O)c3cc(S(C)(=O)=O)ccc3OCC3CC3)CC2)c(F)c1. The number of benzene rings is 4. The molecular formula is C49H56F2N4O9S2. The van der Waals surface area contributed by atoms with E-state index in [4.69, 9.17) is 9.47 Å². The zero-order chi connectivity index (χ0) is 47.1. The molecule has 2 heterocycles. The Bertz CT molecular complexity index is 2560. The third-order valence-corrected chi connectivity index (χ3v) is 15.4. The quantitative estimate of drug-likeness (QED) is 0.117. The zero-order valence-corrected chi connectivity index (χ0v) is 39.3. The number of Topliss-reactive ketones (excluding diaryl/α,β-unsaturated/α-hetero) is 1. The van der Waals surface area contributed by atoms with Crippen LogP contribution < -0.4 is 19.3 Å². The number of carbonyl (C=O) groups is 3. The smallest absolute Gasteiger partial charge is 0.257 e.